The summed E-state index contributed by atoms with van der Waals surface area (Å²) in [5.74, 6) is 1.14. The molecule has 29 heavy (non-hydrogen) atoms. The number of hydrogen-bond acceptors (Lipinski definition) is 6. The molecule has 5 rings (SSSR count). The van der Waals surface area contributed by atoms with Crippen molar-refractivity contribution in [3.63, 3.8) is 0 Å². The fraction of sp³-hybridized carbons (Fsp3) is 0.400. The third-order valence-corrected chi connectivity index (χ3v) is 6.70. The number of carbonyl (C=O) groups excluding carboxylic acids is 1. The Kier molecular flexibility index (Phi) is 4.46. The van der Waals surface area contributed by atoms with Crippen LogP contribution in [0.4, 0.5) is 5.95 Å². The smallest absolute Gasteiger partial charge is 0.263 e. The van der Waals surface area contributed by atoms with E-state index in [2.05, 4.69) is 20.3 Å². The Hall–Kier alpha value is -2.94. The van der Waals surface area contributed by atoms with E-state index in [9.17, 15) is 9.59 Å². The highest BCUT2D eigenvalue weighted by Gasteiger charge is 2.36. The summed E-state index contributed by atoms with van der Waals surface area (Å²) in [6, 6.07) is 7.54. The van der Waals surface area contributed by atoms with E-state index < -0.39 is 0 Å². The van der Waals surface area contributed by atoms with E-state index in [1.165, 1.54) is 0 Å². The zero-order valence-corrected chi connectivity index (χ0v) is 16.9. The molecule has 2 aliphatic rings. The first-order valence-electron chi connectivity index (χ1n) is 9.73. The minimum Gasteiger partial charge on any atom is -0.347 e. The molecule has 2 aliphatic heterocycles. The molecule has 0 radical (unpaired) electrons. The molecular formula is C20H22N6O2S. The van der Waals surface area contributed by atoms with Crippen LogP contribution in [-0.2, 0) is 20.1 Å². The topological polar surface area (TPSA) is 85.1 Å². The third kappa shape index (κ3) is 3.25. The van der Waals surface area contributed by atoms with Gasteiger partial charge >= 0.3 is 0 Å². The Morgan fingerprint density at radius 3 is 2.93 bits per heavy atom. The first-order chi connectivity index (χ1) is 14.1. The average Bonchev–Trinajstić information content (AvgIpc) is 3.38. The molecule has 1 fully saturated rings. The molecule has 8 nitrogen and oxygen atoms in total. The zero-order valence-electron chi connectivity index (χ0n) is 16.1. The van der Waals surface area contributed by atoms with E-state index in [0.717, 1.165) is 36.0 Å². The number of pyridine rings is 1. The minimum atomic E-state index is -0.310. The second kappa shape index (κ2) is 7.14. The standard InChI is InChI=1S/C20H22N6O2S/c1-24-20(22-12-23-24)25-9-13-7-14(11-25)17-5-4-16(19(28)26(17)10-13)18(27)21-8-15-3-2-6-29-15/h2-6,12-14H,7-11H2,1H3,(H,21,27)/t13-,14+/m0/s1. The van der Waals surface area contributed by atoms with Gasteiger partial charge in [-0.1, -0.05) is 6.07 Å². The maximum atomic E-state index is 13.1. The lowest BCUT2D eigenvalue weighted by Gasteiger charge is -2.43. The van der Waals surface area contributed by atoms with Crippen LogP contribution in [0.25, 0.3) is 0 Å². The molecule has 1 saturated heterocycles. The molecule has 3 aromatic heterocycles. The molecule has 2 atom stereocenters. The van der Waals surface area contributed by atoms with Crippen LogP contribution >= 0.6 is 11.3 Å². The number of thiophene rings is 1. The number of hydrogen-bond donors (Lipinski definition) is 1. The van der Waals surface area contributed by atoms with E-state index >= 15 is 0 Å². The molecule has 150 valence electrons. The van der Waals surface area contributed by atoms with Crippen molar-refractivity contribution in [2.24, 2.45) is 13.0 Å². The molecule has 9 heteroatoms. The summed E-state index contributed by atoms with van der Waals surface area (Å²) < 4.78 is 3.60. The van der Waals surface area contributed by atoms with E-state index in [-0.39, 0.29) is 22.9 Å². The fourth-order valence-electron chi connectivity index (χ4n) is 4.53. The first kappa shape index (κ1) is 18.1. The van der Waals surface area contributed by atoms with E-state index in [1.54, 1.807) is 28.4 Å². The number of rotatable bonds is 4. The number of aromatic nitrogens is 4. The van der Waals surface area contributed by atoms with E-state index in [0.29, 0.717) is 19.0 Å². The van der Waals surface area contributed by atoms with Gasteiger partial charge in [0.1, 0.15) is 11.9 Å². The highest BCUT2D eigenvalue weighted by molar-refractivity contribution is 7.09. The van der Waals surface area contributed by atoms with Crippen molar-refractivity contribution >= 4 is 23.2 Å². The van der Waals surface area contributed by atoms with Crippen molar-refractivity contribution in [3.8, 4) is 0 Å². The molecule has 0 saturated carbocycles. The molecule has 0 unspecified atom stereocenters. The van der Waals surface area contributed by atoms with Gasteiger partial charge in [-0.3, -0.25) is 9.59 Å². The maximum Gasteiger partial charge on any atom is 0.263 e. The van der Waals surface area contributed by atoms with Crippen LogP contribution in [0.2, 0.25) is 0 Å². The molecule has 0 aliphatic carbocycles. The number of nitrogens with zero attached hydrogens (tertiary/aromatic N) is 5. The highest BCUT2D eigenvalue weighted by Crippen LogP contribution is 2.36. The predicted octanol–water partition coefficient (Wildman–Crippen LogP) is 1.59. The molecule has 3 aromatic rings. The van der Waals surface area contributed by atoms with Crippen molar-refractivity contribution < 1.29 is 4.79 Å². The summed E-state index contributed by atoms with van der Waals surface area (Å²) in [6.45, 7) is 2.71. The van der Waals surface area contributed by atoms with Crippen LogP contribution in [0.1, 0.15) is 33.3 Å². The lowest BCUT2D eigenvalue weighted by atomic mass is 9.83. The van der Waals surface area contributed by atoms with Gasteiger partial charge < -0.3 is 14.8 Å². The number of nitrogens with one attached hydrogen (secondary N) is 1. The van der Waals surface area contributed by atoms with Crippen molar-refractivity contribution in [1.29, 1.82) is 0 Å². The molecule has 1 N–H and O–H groups in total. The van der Waals surface area contributed by atoms with Gasteiger partial charge in [0.15, 0.2) is 0 Å². The lowest BCUT2D eigenvalue weighted by Crippen LogP contribution is -2.48. The number of fused-ring (bicyclic) bond motifs is 4. The number of aryl methyl sites for hydroxylation is 1. The normalized spacial score (nSPS) is 20.4. The second-order valence-corrected chi connectivity index (χ2v) is 8.77. The Balaban J connectivity index is 1.39. The number of carbonyl (C=O) groups is 1. The fourth-order valence-corrected chi connectivity index (χ4v) is 5.18. The van der Waals surface area contributed by atoms with Crippen LogP contribution in [-0.4, -0.2) is 38.3 Å². The molecule has 2 bridgehead atoms. The lowest BCUT2D eigenvalue weighted by molar-refractivity contribution is 0.0948. The van der Waals surface area contributed by atoms with Gasteiger partial charge in [-0.25, -0.2) is 4.68 Å². The van der Waals surface area contributed by atoms with Crippen molar-refractivity contribution in [2.45, 2.75) is 25.4 Å². The van der Waals surface area contributed by atoms with Gasteiger partial charge in [-0.15, -0.1) is 11.3 Å². The molecule has 1 amide bonds. The summed E-state index contributed by atoms with van der Waals surface area (Å²) >= 11 is 1.58. The van der Waals surface area contributed by atoms with Crippen molar-refractivity contribution in [1.82, 2.24) is 24.6 Å². The summed E-state index contributed by atoms with van der Waals surface area (Å²) in [4.78, 5) is 33.4. The zero-order chi connectivity index (χ0) is 20.0. The molecule has 5 heterocycles. The van der Waals surface area contributed by atoms with Crippen LogP contribution < -0.4 is 15.8 Å². The van der Waals surface area contributed by atoms with Gasteiger partial charge in [0.2, 0.25) is 5.95 Å². The van der Waals surface area contributed by atoms with E-state index in [1.807, 2.05) is 35.2 Å². The molecule has 0 aromatic carbocycles. The Morgan fingerprint density at radius 2 is 2.17 bits per heavy atom. The van der Waals surface area contributed by atoms with Crippen LogP contribution in [0, 0.1) is 5.92 Å². The Morgan fingerprint density at radius 1 is 1.28 bits per heavy atom. The van der Waals surface area contributed by atoms with Crippen LogP contribution in [0.15, 0.2) is 40.8 Å². The Bertz CT molecular complexity index is 1100. The van der Waals surface area contributed by atoms with Crippen LogP contribution in [0.5, 0.6) is 0 Å². The monoisotopic (exact) mass is 410 g/mol. The van der Waals surface area contributed by atoms with Gasteiger partial charge in [0.05, 0.1) is 6.54 Å². The molecule has 0 spiro atoms. The van der Waals surface area contributed by atoms with Crippen molar-refractivity contribution in [3.05, 3.63) is 62.5 Å². The number of amides is 1. The maximum absolute atomic E-state index is 13.1. The average molecular weight is 411 g/mol. The summed E-state index contributed by atoms with van der Waals surface area (Å²) in [7, 11) is 1.90. The predicted molar refractivity (Wildman–Crippen MR) is 110 cm³/mol. The quantitative estimate of drug-likeness (QED) is 0.706. The Labute approximate surface area is 171 Å². The largest absolute Gasteiger partial charge is 0.347 e. The third-order valence-electron chi connectivity index (χ3n) is 5.82. The second-order valence-electron chi connectivity index (χ2n) is 7.74. The van der Waals surface area contributed by atoms with Crippen LogP contribution in [0.3, 0.4) is 0 Å². The summed E-state index contributed by atoms with van der Waals surface area (Å²) in [6.07, 6.45) is 2.62. The number of anilines is 1. The highest BCUT2D eigenvalue weighted by atomic mass is 32.1. The minimum absolute atomic E-state index is 0.187. The van der Waals surface area contributed by atoms with Gasteiger partial charge in [-0.05, 0) is 35.9 Å². The summed E-state index contributed by atoms with van der Waals surface area (Å²) in [5.41, 5.74) is 1.04. The first-order valence-corrected chi connectivity index (χ1v) is 10.6. The summed E-state index contributed by atoms with van der Waals surface area (Å²) in [5, 5.41) is 9.01. The number of piperidine rings is 1. The van der Waals surface area contributed by atoms with E-state index in [4.69, 9.17) is 0 Å². The van der Waals surface area contributed by atoms with Gasteiger partial charge in [0, 0.05) is 43.2 Å². The van der Waals surface area contributed by atoms with Crippen molar-refractivity contribution in [2.75, 3.05) is 18.0 Å². The SMILES string of the molecule is Cn1ncnc1N1C[C@@H]2C[C@H](C1)c1ccc(C(=O)NCc3cccs3)c(=O)n1C2. The molecular weight excluding hydrogens is 388 g/mol. The van der Waals surface area contributed by atoms with Gasteiger partial charge in [0.25, 0.3) is 11.5 Å². The van der Waals surface area contributed by atoms with Gasteiger partial charge in [-0.2, -0.15) is 10.1 Å².